The summed E-state index contributed by atoms with van der Waals surface area (Å²) in [6.45, 7) is 0. The molecule has 7 heteroatoms. The highest BCUT2D eigenvalue weighted by molar-refractivity contribution is 9.10. The van der Waals surface area contributed by atoms with Gasteiger partial charge in [0.15, 0.2) is 16.1 Å². The molecule has 20 heavy (non-hydrogen) atoms. The summed E-state index contributed by atoms with van der Waals surface area (Å²) >= 11 is 9.24. The molecule has 3 aromatic rings. The zero-order chi connectivity index (χ0) is 14.3. The topological polar surface area (TPSA) is 65.2 Å². The third kappa shape index (κ3) is 2.10. The van der Waals surface area contributed by atoms with E-state index < -0.39 is 5.82 Å². The van der Waals surface area contributed by atoms with Gasteiger partial charge in [0.05, 0.1) is 10.6 Å². The summed E-state index contributed by atoms with van der Waals surface area (Å²) < 4.78 is 24.9. The number of rotatable bonds is 2. The van der Waals surface area contributed by atoms with Crippen molar-refractivity contribution >= 4 is 33.4 Å². The van der Waals surface area contributed by atoms with Gasteiger partial charge in [0.1, 0.15) is 5.82 Å². The lowest BCUT2D eigenvalue weighted by molar-refractivity contribution is 0.435. The van der Waals surface area contributed by atoms with Crippen molar-refractivity contribution in [2.75, 3.05) is 5.73 Å². The lowest BCUT2D eigenvalue weighted by atomic mass is 10.0. The van der Waals surface area contributed by atoms with E-state index in [0.717, 1.165) is 0 Å². The van der Waals surface area contributed by atoms with E-state index in [1.165, 1.54) is 12.1 Å². The summed E-state index contributed by atoms with van der Waals surface area (Å²) in [5, 5.41) is 4.03. The molecule has 0 saturated heterocycles. The predicted molar refractivity (Wildman–Crippen MR) is 76.7 cm³/mol. The van der Waals surface area contributed by atoms with Crippen molar-refractivity contribution < 1.29 is 13.3 Å². The maximum Gasteiger partial charge on any atom is 0.230 e. The normalized spacial score (nSPS) is 10.9. The molecule has 0 bridgehead atoms. The molecule has 0 saturated carbocycles. The highest BCUT2D eigenvalue weighted by Gasteiger charge is 2.24. The lowest BCUT2D eigenvalue weighted by Crippen LogP contribution is -1.91. The predicted octanol–water partition coefficient (Wildman–Crippen LogP) is 4.74. The van der Waals surface area contributed by atoms with E-state index in [9.17, 15) is 4.39 Å². The number of hydrogen-bond acceptors (Lipinski definition) is 4. The molecule has 2 aromatic heterocycles. The van der Waals surface area contributed by atoms with Crippen LogP contribution in [-0.4, -0.2) is 5.16 Å². The van der Waals surface area contributed by atoms with Gasteiger partial charge in [0.2, 0.25) is 5.88 Å². The molecule has 0 aliphatic heterocycles. The van der Waals surface area contributed by atoms with E-state index in [1.807, 2.05) is 0 Å². The molecule has 0 radical (unpaired) electrons. The van der Waals surface area contributed by atoms with E-state index in [2.05, 4.69) is 21.1 Å². The Bertz CT molecular complexity index is 764. The fourth-order valence-electron chi connectivity index (χ4n) is 1.89. The molecular weight excluding hydrogens is 351 g/mol. The van der Waals surface area contributed by atoms with E-state index in [4.69, 9.17) is 26.3 Å². The van der Waals surface area contributed by atoms with Crippen LogP contribution < -0.4 is 5.73 Å². The second-order valence-corrected chi connectivity index (χ2v) is 5.16. The molecular formula is C13H7BrClFN2O2. The SMILES string of the molecule is Nc1onc(-c2ccc(Br)o2)c1-c1c(F)cccc1Cl. The van der Waals surface area contributed by atoms with E-state index in [1.54, 1.807) is 18.2 Å². The Morgan fingerprint density at radius 1 is 1.20 bits per heavy atom. The number of aromatic nitrogens is 1. The zero-order valence-electron chi connectivity index (χ0n) is 9.86. The Hall–Kier alpha value is -1.79. The van der Waals surface area contributed by atoms with E-state index in [-0.39, 0.29) is 22.0 Å². The molecule has 3 rings (SSSR count). The van der Waals surface area contributed by atoms with Crippen molar-refractivity contribution in [1.29, 1.82) is 0 Å². The molecule has 0 unspecified atom stereocenters. The molecule has 2 heterocycles. The summed E-state index contributed by atoms with van der Waals surface area (Å²) in [6.07, 6.45) is 0. The molecule has 4 nitrogen and oxygen atoms in total. The van der Waals surface area contributed by atoms with Crippen LogP contribution in [-0.2, 0) is 0 Å². The average Bonchev–Trinajstić information content (AvgIpc) is 2.97. The monoisotopic (exact) mass is 356 g/mol. The minimum absolute atomic E-state index is 0.0282. The van der Waals surface area contributed by atoms with Crippen LogP contribution in [0.25, 0.3) is 22.6 Å². The van der Waals surface area contributed by atoms with Gasteiger partial charge >= 0.3 is 0 Å². The number of nitrogens with zero attached hydrogens (tertiary/aromatic N) is 1. The fourth-order valence-corrected chi connectivity index (χ4v) is 2.45. The van der Waals surface area contributed by atoms with Crippen molar-refractivity contribution in [2.24, 2.45) is 0 Å². The number of nitrogen functional groups attached to an aromatic ring is 1. The van der Waals surface area contributed by atoms with Crippen LogP contribution in [0.2, 0.25) is 5.02 Å². The van der Waals surface area contributed by atoms with Gasteiger partial charge in [-0.05, 0) is 40.2 Å². The smallest absolute Gasteiger partial charge is 0.230 e. The van der Waals surface area contributed by atoms with E-state index >= 15 is 0 Å². The number of anilines is 1. The molecule has 0 atom stereocenters. The Balaban J connectivity index is 2.27. The number of hydrogen-bond donors (Lipinski definition) is 1. The summed E-state index contributed by atoms with van der Waals surface area (Å²) in [6, 6.07) is 7.71. The molecule has 0 aliphatic carbocycles. The van der Waals surface area contributed by atoms with Crippen molar-refractivity contribution in [2.45, 2.75) is 0 Å². The first-order valence-electron chi connectivity index (χ1n) is 5.53. The van der Waals surface area contributed by atoms with Crippen LogP contribution in [0.15, 0.2) is 43.9 Å². The summed E-state index contributed by atoms with van der Waals surface area (Å²) in [7, 11) is 0. The maximum atomic E-state index is 14.0. The molecule has 0 fully saturated rings. The minimum Gasteiger partial charge on any atom is -0.448 e. The lowest BCUT2D eigenvalue weighted by Gasteiger charge is -2.05. The van der Waals surface area contributed by atoms with E-state index in [0.29, 0.717) is 16.1 Å². The van der Waals surface area contributed by atoms with Gasteiger partial charge < -0.3 is 14.7 Å². The first kappa shape index (κ1) is 13.2. The van der Waals surface area contributed by atoms with Crippen LogP contribution in [0.4, 0.5) is 10.3 Å². The third-order valence-corrected chi connectivity index (χ3v) is 3.48. The number of nitrogens with two attached hydrogens (primary N) is 1. The highest BCUT2D eigenvalue weighted by Crippen LogP contribution is 2.41. The molecule has 0 aliphatic rings. The van der Waals surface area contributed by atoms with Crippen molar-refractivity contribution in [1.82, 2.24) is 5.16 Å². The van der Waals surface area contributed by atoms with Gasteiger partial charge in [0, 0.05) is 5.56 Å². The van der Waals surface area contributed by atoms with Gasteiger partial charge in [-0.1, -0.05) is 22.8 Å². The minimum atomic E-state index is -0.515. The zero-order valence-corrected chi connectivity index (χ0v) is 12.2. The quantitative estimate of drug-likeness (QED) is 0.719. The Kier molecular flexibility index (Phi) is 3.27. The third-order valence-electron chi connectivity index (χ3n) is 2.74. The second-order valence-electron chi connectivity index (χ2n) is 3.97. The van der Waals surface area contributed by atoms with Crippen LogP contribution in [0, 0.1) is 5.82 Å². The Morgan fingerprint density at radius 3 is 2.65 bits per heavy atom. The highest BCUT2D eigenvalue weighted by atomic mass is 79.9. The van der Waals surface area contributed by atoms with Crippen LogP contribution >= 0.6 is 27.5 Å². The Labute approximate surface area is 126 Å². The van der Waals surface area contributed by atoms with Crippen LogP contribution in [0.5, 0.6) is 0 Å². The van der Waals surface area contributed by atoms with Gasteiger partial charge in [0.25, 0.3) is 0 Å². The molecule has 1 aromatic carbocycles. The number of halogens is 3. The molecule has 102 valence electrons. The maximum absolute atomic E-state index is 14.0. The first-order chi connectivity index (χ1) is 9.58. The molecule has 0 spiro atoms. The van der Waals surface area contributed by atoms with Crippen LogP contribution in [0.1, 0.15) is 0 Å². The molecule has 2 N–H and O–H groups in total. The second kappa shape index (κ2) is 4.96. The largest absolute Gasteiger partial charge is 0.448 e. The van der Waals surface area contributed by atoms with Crippen molar-refractivity contribution in [3.05, 3.63) is 45.8 Å². The summed E-state index contributed by atoms with van der Waals surface area (Å²) in [5.74, 6) is -0.148. The summed E-state index contributed by atoms with van der Waals surface area (Å²) in [4.78, 5) is 0. The Morgan fingerprint density at radius 2 is 2.00 bits per heavy atom. The number of furan rings is 1. The first-order valence-corrected chi connectivity index (χ1v) is 6.70. The summed E-state index contributed by atoms with van der Waals surface area (Å²) in [5.41, 5.74) is 6.45. The fraction of sp³-hybridized carbons (Fsp3) is 0. The average molecular weight is 358 g/mol. The van der Waals surface area contributed by atoms with Gasteiger partial charge in [-0.15, -0.1) is 0 Å². The van der Waals surface area contributed by atoms with Gasteiger partial charge in [-0.3, -0.25) is 0 Å². The van der Waals surface area contributed by atoms with Crippen LogP contribution in [0.3, 0.4) is 0 Å². The standard InChI is InChI=1S/C13H7BrClFN2O2/c14-9-5-4-8(19-9)12-11(13(17)20-18-12)10-6(15)2-1-3-7(10)16/h1-5H,17H2. The number of benzene rings is 1. The van der Waals surface area contributed by atoms with Crippen molar-refractivity contribution in [3.63, 3.8) is 0 Å². The van der Waals surface area contributed by atoms with Crippen molar-refractivity contribution in [3.8, 4) is 22.6 Å². The molecule has 0 amide bonds. The van der Waals surface area contributed by atoms with Gasteiger partial charge in [-0.25, -0.2) is 4.39 Å². The van der Waals surface area contributed by atoms with Gasteiger partial charge in [-0.2, -0.15) is 0 Å².